The Kier molecular flexibility index (Phi) is 11.9. The Balaban J connectivity index is 1.75. The van der Waals surface area contributed by atoms with Gasteiger partial charge in [-0.2, -0.15) is 0 Å². The van der Waals surface area contributed by atoms with Crippen LogP contribution in [0.1, 0.15) is 57.1 Å². The van der Waals surface area contributed by atoms with Crippen molar-refractivity contribution in [3.8, 4) is 5.75 Å². The van der Waals surface area contributed by atoms with Crippen molar-refractivity contribution in [2.75, 3.05) is 20.2 Å². The Labute approximate surface area is 197 Å². The van der Waals surface area contributed by atoms with Crippen LogP contribution in [0.2, 0.25) is 0 Å². The van der Waals surface area contributed by atoms with Crippen molar-refractivity contribution in [3.63, 3.8) is 0 Å². The first-order chi connectivity index (χ1) is 15.9. The summed E-state index contributed by atoms with van der Waals surface area (Å²) in [5.41, 5.74) is 1.97. The standard InChI is InChI=1S/C27H38F2N2O2/c1-4-33-24-12-9-21(10-13-24)7-5-6-8-22(15-16-30-3)19-27(32)31-20(2)17-23-11-14-25(28)26(29)18-23/h9-14,18,20,22,30H,4-8,15-17,19H2,1-3H3,(H,31,32). The quantitative estimate of drug-likeness (QED) is 0.348. The van der Waals surface area contributed by atoms with E-state index in [1.54, 1.807) is 6.07 Å². The molecular formula is C27H38F2N2O2. The topological polar surface area (TPSA) is 50.4 Å². The third kappa shape index (κ3) is 10.3. The van der Waals surface area contributed by atoms with Crippen molar-refractivity contribution in [2.24, 2.45) is 5.92 Å². The molecule has 0 aliphatic rings. The predicted molar refractivity (Wildman–Crippen MR) is 129 cm³/mol. The largest absolute Gasteiger partial charge is 0.494 e. The number of unbranched alkanes of at least 4 members (excludes halogenated alkanes) is 1. The Bertz CT molecular complexity index is 843. The molecule has 0 heterocycles. The summed E-state index contributed by atoms with van der Waals surface area (Å²) in [4.78, 5) is 12.6. The molecule has 0 radical (unpaired) electrons. The maximum absolute atomic E-state index is 13.4. The van der Waals surface area contributed by atoms with E-state index in [1.165, 1.54) is 11.6 Å². The van der Waals surface area contributed by atoms with Crippen molar-refractivity contribution >= 4 is 5.91 Å². The second-order valence-electron chi connectivity index (χ2n) is 8.71. The number of amides is 1. The van der Waals surface area contributed by atoms with Gasteiger partial charge in [-0.1, -0.05) is 24.6 Å². The lowest BCUT2D eigenvalue weighted by atomic mass is 9.93. The summed E-state index contributed by atoms with van der Waals surface area (Å²) in [6.07, 6.45) is 6.06. The number of aryl methyl sites for hydroxylation is 1. The van der Waals surface area contributed by atoms with E-state index in [9.17, 15) is 13.6 Å². The average Bonchev–Trinajstić information content (AvgIpc) is 2.78. The van der Waals surface area contributed by atoms with Crippen LogP contribution in [0.5, 0.6) is 5.75 Å². The highest BCUT2D eigenvalue weighted by atomic mass is 19.2. The third-order valence-electron chi connectivity index (χ3n) is 5.77. The summed E-state index contributed by atoms with van der Waals surface area (Å²) in [5.74, 6) is -0.488. The SMILES string of the molecule is CCOc1ccc(CCCCC(CCNC)CC(=O)NC(C)Cc2ccc(F)c(F)c2)cc1. The molecule has 0 bridgehead atoms. The molecule has 4 nitrogen and oxygen atoms in total. The van der Waals surface area contributed by atoms with Gasteiger partial charge in [-0.15, -0.1) is 0 Å². The molecule has 2 rings (SSSR count). The zero-order valence-corrected chi connectivity index (χ0v) is 20.1. The van der Waals surface area contributed by atoms with Gasteiger partial charge in [0.15, 0.2) is 11.6 Å². The molecule has 2 atom stereocenters. The predicted octanol–water partition coefficient (Wildman–Crippen LogP) is 5.44. The monoisotopic (exact) mass is 460 g/mol. The van der Waals surface area contributed by atoms with Crippen LogP contribution in [0.15, 0.2) is 42.5 Å². The second-order valence-corrected chi connectivity index (χ2v) is 8.71. The zero-order valence-electron chi connectivity index (χ0n) is 20.1. The molecule has 6 heteroatoms. The fourth-order valence-corrected chi connectivity index (χ4v) is 4.05. The van der Waals surface area contributed by atoms with Crippen molar-refractivity contribution in [1.29, 1.82) is 0 Å². The number of nitrogens with one attached hydrogen (secondary N) is 2. The molecule has 0 saturated carbocycles. The highest BCUT2D eigenvalue weighted by molar-refractivity contribution is 5.76. The molecular weight excluding hydrogens is 422 g/mol. The van der Waals surface area contributed by atoms with Crippen molar-refractivity contribution in [2.45, 2.75) is 64.8 Å². The van der Waals surface area contributed by atoms with E-state index in [-0.39, 0.29) is 11.9 Å². The molecule has 33 heavy (non-hydrogen) atoms. The van der Waals surface area contributed by atoms with Crippen molar-refractivity contribution in [1.82, 2.24) is 10.6 Å². The summed E-state index contributed by atoms with van der Waals surface area (Å²) >= 11 is 0. The minimum absolute atomic E-state index is 0.0118. The molecule has 0 fully saturated rings. The van der Waals surface area contributed by atoms with Crippen LogP contribution < -0.4 is 15.4 Å². The minimum Gasteiger partial charge on any atom is -0.494 e. The van der Waals surface area contributed by atoms with Gasteiger partial charge in [0.1, 0.15) is 5.75 Å². The maximum Gasteiger partial charge on any atom is 0.220 e. The van der Waals surface area contributed by atoms with E-state index in [0.717, 1.165) is 50.5 Å². The lowest BCUT2D eigenvalue weighted by Crippen LogP contribution is -2.35. The Morgan fingerprint density at radius 2 is 1.73 bits per heavy atom. The van der Waals surface area contributed by atoms with Crippen molar-refractivity contribution in [3.05, 3.63) is 65.2 Å². The minimum atomic E-state index is -0.858. The van der Waals surface area contributed by atoms with E-state index in [1.807, 2.05) is 33.0 Å². The van der Waals surface area contributed by atoms with Gasteiger partial charge >= 0.3 is 0 Å². The summed E-state index contributed by atoms with van der Waals surface area (Å²) in [5, 5.41) is 6.19. The number of hydrogen-bond donors (Lipinski definition) is 2. The molecule has 0 aliphatic heterocycles. The van der Waals surface area contributed by atoms with E-state index in [2.05, 4.69) is 22.8 Å². The van der Waals surface area contributed by atoms with Gasteiger partial charge in [0.05, 0.1) is 6.61 Å². The number of carbonyl (C=O) groups is 1. The molecule has 1 amide bonds. The number of halogens is 2. The highest BCUT2D eigenvalue weighted by Crippen LogP contribution is 2.19. The van der Waals surface area contributed by atoms with Gasteiger partial charge in [0.2, 0.25) is 5.91 Å². The van der Waals surface area contributed by atoms with Crippen LogP contribution in [-0.2, 0) is 17.6 Å². The summed E-state index contributed by atoms with van der Waals surface area (Å²) in [6, 6.07) is 12.0. The second kappa shape index (κ2) is 14.6. The van der Waals surface area contributed by atoms with Crippen LogP contribution in [0.25, 0.3) is 0 Å². The lowest BCUT2D eigenvalue weighted by Gasteiger charge is -2.19. The van der Waals surface area contributed by atoms with Gasteiger partial charge in [0.25, 0.3) is 0 Å². The van der Waals surface area contributed by atoms with E-state index < -0.39 is 11.6 Å². The molecule has 0 saturated heterocycles. The fourth-order valence-electron chi connectivity index (χ4n) is 4.05. The first-order valence-electron chi connectivity index (χ1n) is 12.0. The van der Waals surface area contributed by atoms with Crippen LogP contribution >= 0.6 is 0 Å². The van der Waals surface area contributed by atoms with Gasteiger partial charge in [-0.05, 0) is 101 Å². The number of ether oxygens (including phenoxy) is 1. The smallest absolute Gasteiger partial charge is 0.220 e. The molecule has 0 spiro atoms. The number of rotatable bonds is 15. The average molecular weight is 461 g/mol. The van der Waals surface area contributed by atoms with Crippen LogP contribution in [-0.4, -0.2) is 32.1 Å². The summed E-state index contributed by atoms with van der Waals surface area (Å²) in [6.45, 7) is 5.41. The zero-order chi connectivity index (χ0) is 24.1. The highest BCUT2D eigenvalue weighted by Gasteiger charge is 2.16. The molecule has 2 N–H and O–H groups in total. The van der Waals surface area contributed by atoms with Gasteiger partial charge in [0, 0.05) is 12.5 Å². The molecule has 0 aliphatic carbocycles. The molecule has 182 valence electrons. The van der Waals surface area contributed by atoms with Gasteiger partial charge in [-0.3, -0.25) is 4.79 Å². The number of hydrogen-bond acceptors (Lipinski definition) is 3. The molecule has 2 aromatic rings. The summed E-state index contributed by atoms with van der Waals surface area (Å²) < 4.78 is 32.0. The van der Waals surface area contributed by atoms with Crippen LogP contribution in [0.3, 0.4) is 0 Å². The molecule has 2 aromatic carbocycles. The molecule has 0 aromatic heterocycles. The first kappa shape index (κ1) is 26.8. The Hall–Kier alpha value is -2.47. The Morgan fingerprint density at radius 1 is 1.00 bits per heavy atom. The lowest BCUT2D eigenvalue weighted by molar-refractivity contribution is -0.122. The fraction of sp³-hybridized carbons (Fsp3) is 0.519. The Morgan fingerprint density at radius 3 is 2.39 bits per heavy atom. The van der Waals surface area contributed by atoms with Crippen LogP contribution in [0.4, 0.5) is 8.78 Å². The van der Waals surface area contributed by atoms with Gasteiger partial charge in [-0.25, -0.2) is 8.78 Å². The first-order valence-corrected chi connectivity index (χ1v) is 12.0. The molecule has 2 unspecified atom stereocenters. The normalized spacial score (nSPS) is 12.9. The van der Waals surface area contributed by atoms with E-state index in [0.29, 0.717) is 30.9 Å². The van der Waals surface area contributed by atoms with E-state index >= 15 is 0 Å². The maximum atomic E-state index is 13.4. The van der Waals surface area contributed by atoms with Crippen LogP contribution in [0, 0.1) is 17.6 Å². The number of benzene rings is 2. The van der Waals surface area contributed by atoms with E-state index in [4.69, 9.17) is 4.74 Å². The summed E-state index contributed by atoms with van der Waals surface area (Å²) in [7, 11) is 1.92. The van der Waals surface area contributed by atoms with Crippen molar-refractivity contribution < 1.29 is 18.3 Å². The van der Waals surface area contributed by atoms with Gasteiger partial charge < -0.3 is 15.4 Å². The third-order valence-corrected chi connectivity index (χ3v) is 5.77. The number of carbonyl (C=O) groups excluding carboxylic acids is 1.